The second-order valence-electron chi connectivity index (χ2n) is 5.64. The van der Waals surface area contributed by atoms with Crippen LogP contribution in [0.25, 0.3) is 5.76 Å². The van der Waals surface area contributed by atoms with Crippen LogP contribution < -0.4 is 0 Å². The van der Waals surface area contributed by atoms with Crippen molar-refractivity contribution in [3.8, 4) is 0 Å². The van der Waals surface area contributed by atoms with Crippen molar-refractivity contribution in [3.05, 3.63) is 71.6 Å². The number of carbonyl (C=O) groups is 2. The van der Waals surface area contributed by atoms with Crippen LogP contribution in [0.1, 0.15) is 30.5 Å². The zero-order chi connectivity index (χ0) is 17.1. The second kappa shape index (κ2) is 6.66. The molecule has 0 radical (unpaired) electrons. The Kier molecular flexibility index (Phi) is 4.42. The molecule has 1 aromatic carbocycles. The lowest BCUT2D eigenvalue weighted by Gasteiger charge is -2.24. The first-order valence-electron chi connectivity index (χ1n) is 7.89. The predicted molar refractivity (Wildman–Crippen MR) is 90.0 cm³/mol. The number of aromatic nitrogens is 1. The van der Waals surface area contributed by atoms with Crippen molar-refractivity contribution >= 4 is 17.4 Å². The van der Waals surface area contributed by atoms with E-state index in [0.717, 1.165) is 12.0 Å². The van der Waals surface area contributed by atoms with Crippen molar-refractivity contribution in [2.45, 2.75) is 19.4 Å². The van der Waals surface area contributed by atoms with Crippen molar-refractivity contribution in [2.24, 2.45) is 0 Å². The molecular weight excluding hydrogens is 304 g/mol. The van der Waals surface area contributed by atoms with E-state index in [4.69, 9.17) is 0 Å². The van der Waals surface area contributed by atoms with E-state index < -0.39 is 17.7 Å². The highest BCUT2D eigenvalue weighted by Crippen LogP contribution is 2.39. The van der Waals surface area contributed by atoms with E-state index in [1.807, 2.05) is 37.3 Å². The zero-order valence-corrected chi connectivity index (χ0v) is 13.3. The fourth-order valence-corrected chi connectivity index (χ4v) is 3.00. The predicted octanol–water partition coefficient (Wildman–Crippen LogP) is 2.91. The fourth-order valence-electron chi connectivity index (χ4n) is 3.00. The Labute approximate surface area is 140 Å². The van der Waals surface area contributed by atoms with Crippen LogP contribution in [-0.2, 0) is 9.59 Å². The maximum atomic E-state index is 12.6. The van der Waals surface area contributed by atoms with Crippen LogP contribution in [-0.4, -0.2) is 33.2 Å². The fraction of sp³-hybridized carbons (Fsp3) is 0.211. The average molecular weight is 322 g/mol. The van der Waals surface area contributed by atoms with Crippen LogP contribution in [0.15, 0.2) is 60.4 Å². The summed E-state index contributed by atoms with van der Waals surface area (Å²) in [5.41, 5.74) is 1.41. The summed E-state index contributed by atoms with van der Waals surface area (Å²) in [6.07, 6.45) is 3.80. The van der Waals surface area contributed by atoms with Gasteiger partial charge in [0.2, 0.25) is 0 Å². The Bertz CT molecular complexity index is 785. The molecule has 0 saturated carbocycles. The molecule has 0 spiro atoms. The number of aliphatic hydroxyl groups excluding tert-OH is 1. The molecule has 5 nitrogen and oxygen atoms in total. The summed E-state index contributed by atoms with van der Waals surface area (Å²) in [5, 5.41) is 10.7. The summed E-state index contributed by atoms with van der Waals surface area (Å²) >= 11 is 0. The van der Waals surface area contributed by atoms with Gasteiger partial charge < -0.3 is 10.0 Å². The van der Waals surface area contributed by atoms with E-state index >= 15 is 0 Å². The van der Waals surface area contributed by atoms with Crippen molar-refractivity contribution in [1.82, 2.24) is 9.88 Å². The summed E-state index contributed by atoms with van der Waals surface area (Å²) in [6.45, 7) is 2.40. The molecule has 1 saturated heterocycles. The molecule has 3 rings (SSSR count). The lowest BCUT2D eigenvalue weighted by atomic mass is 9.95. The first-order valence-corrected chi connectivity index (χ1v) is 7.89. The molecule has 1 amide bonds. The van der Waals surface area contributed by atoms with Crippen LogP contribution in [0.4, 0.5) is 0 Å². The Morgan fingerprint density at radius 1 is 1.12 bits per heavy atom. The van der Waals surface area contributed by atoms with Gasteiger partial charge in [0.25, 0.3) is 11.7 Å². The van der Waals surface area contributed by atoms with Gasteiger partial charge in [-0.15, -0.1) is 0 Å². The van der Waals surface area contributed by atoms with E-state index in [9.17, 15) is 14.7 Å². The van der Waals surface area contributed by atoms with Crippen LogP contribution in [0.3, 0.4) is 0 Å². The number of hydrogen-bond acceptors (Lipinski definition) is 4. The van der Waals surface area contributed by atoms with Gasteiger partial charge in [0, 0.05) is 24.5 Å². The molecule has 5 heteroatoms. The van der Waals surface area contributed by atoms with E-state index in [0.29, 0.717) is 12.1 Å². The smallest absolute Gasteiger partial charge is 0.295 e. The highest BCUT2D eigenvalue weighted by atomic mass is 16.3. The Balaban J connectivity index is 2.18. The molecule has 1 aliphatic rings. The zero-order valence-electron chi connectivity index (χ0n) is 13.3. The maximum absolute atomic E-state index is 12.6. The highest BCUT2D eigenvalue weighted by Gasteiger charge is 2.45. The number of ketones is 1. The standard InChI is InChI=1S/C19H18N2O3/c1-2-12-21-16(13-6-4-3-5-7-13)15(18(23)19(21)24)17(22)14-8-10-20-11-9-14/h3-11,16,22H,2,12H2,1H3/b17-15-. The van der Waals surface area contributed by atoms with E-state index in [-0.39, 0.29) is 11.3 Å². The molecule has 0 bridgehead atoms. The van der Waals surface area contributed by atoms with E-state index in [1.165, 1.54) is 17.3 Å². The van der Waals surface area contributed by atoms with Crippen molar-refractivity contribution in [1.29, 1.82) is 0 Å². The molecule has 1 atom stereocenters. The van der Waals surface area contributed by atoms with Crippen molar-refractivity contribution < 1.29 is 14.7 Å². The number of rotatable bonds is 4. The van der Waals surface area contributed by atoms with Gasteiger partial charge in [-0.05, 0) is 24.1 Å². The Hall–Kier alpha value is -2.95. The number of pyridine rings is 1. The number of aliphatic hydroxyl groups is 1. The van der Waals surface area contributed by atoms with Crippen LogP contribution in [0.5, 0.6) is 0 Å². The lowest BCUT2D eigenvalue weighted by molar-refractivity contribution is -0.139. The minimum absolute atomic E-state index is 0.130. The summed E-state index contributed by atoms with van der Waals surface area (Å²) in [5.74, 6) is -1.38. The van der Waals surface area contributed by atoms with Gasteiger partial charge in [-0.3, -0.25) is 14.6 Å². The molecule has 2 heterocycles. The van der Waals surface area contributed by atoms with Gasteiger partial charge in [0.15, 0.2) is 0 Å². The molecule has 0 aliphatic carbocycles. The van der Waals surface area contributed by atoms with Crippen LogP contribution in [0, 0.1) is 0 Å². The number of carbonyl (C=O) groups excluding carboxylic acids is 2. The number of benzene rings is 1. The molecule has 1 fully saturated rings. The van der Waals surface area contributed by atoms with Gasteiger partial charge >= 0.3 is 0 Å². The molecule has 1 aliphatic heterocycles. The number of hydrogen-bond donors (Lipinski definition) is 1. The first-order chi connectivity index (χ1) is 11.6. The number of amides is 1. The summed E-state index contributed by atoms with van der Waals surface area (Å²) in [6, 6.07) is 12.0. The molecule has 24 heavy (non-hydrogen) atoms. The van der Waals surface area contributed by atoms with E-state index in [1.54, 1.807) is 12.1 Å². The van der Waals surface area contributed by atoms with E-state index in [2.05, 4.69) is 4.98 Å². The van der Waals surface area contributed by atoms with Gasteiger partial charge in [-0.25, -0.2) is 0 Å². The van der Waals surface area contributed by atoms with Gasteiger partial charge in [0.05, 0.1) is 11.6 Å². The van der Waals surface area contributed by atoms with Gasteiger partial charge in [-0.2, -0.15) is 0 Å². The molecule has 122 valence electrons. The maximum Gasteiger partial charge on any atom is 0.295 e. The van der Waals surface area contributed by atoms with Gasteiger partial charge in [-0.1, -0.05) is 37.3 Å². The molecular formula is C19H18N2O3. The second-order valence-corrected chi connectivity index (χ2v) is 5.64. The van der Waals surface area contributed by atoms with Crippen LogP contribution >= 0.6 is 0 Å². The van der Waals surface area contributed by atoms with Crippen LogP contribution in [0.2, 0.25) is 0 Å². The highest BCUT2D eigenvalue weighted by molar-refractivity contribution is 6.46. The average Bonchev–Trinajstić information content (AvgIpc) is 2.88. The number of Topliss-reactive ketones (excluding diaryl/α,β-unsaturated/α-hetero) is 1. The summed E-state index contributed by atoms with van der Waals surface area (Å²) in [7, 11) is 0. The SMILES string of the molecule is CCCN1C(=O)C(=O)/C(=C(\O)c2ccncc2)C1c1ccccc1. The Morgan fingerprint density at radius 3 is 2.42 bits per heavy atom. The third-order valence-corrected chi connectivity index (χ3v) is 4.07. The van der Waals surface area contributed by atoms with Gasteiger partial charge in [0.1, 0.15) is 5.76 Å². The minimum atomic E-state index is -0.647. The molecule has 1 unspecified atom stereocenters. The lowest BCUT2D eigenvalue weighted by Crippen LogP contribution is -2.30. The molecule has 2 aromatic rings. The molecule has 1 N–H and O–H groups in total. The normalized spacial score (nSPS) is 19.7. The first kappa shape index (κ1) is 15.9. The van der Waals surface area contributed by atoms with Crippen molar-refractivity contribution in [3.63, 3.8) is 0 Å². The largest absolute Gasteiger partial charge is 0.507 e. The number of likely N-dealkylation sites (tertiary alicyclic amines) is 1. The quantitative estimate of drug-likeness (QED) is 0.534. The summed E-state index contributed by atoms with van der Waals surface area (Å²) in [4.78, 5) is 30.5. The third kappa shape index (κ3) is 2.69. The minimum Gasteiger partial charge on any atom is -0.507 e. The third-order valence-electron chi connectivity index (χ3n) is 4.07. The topological polar surface area (TPSA) is 70.5 Å². The monoisotopic (exact) mass is 322 g/mol. The number of nitrogens with zero attached hydrogens (tertiary/aromatic N) is 2. The van der Waals surface area contributed by atoms with Crippen molar-refractivity contribution in [2.75, 3.05) is 6.54 Å². The summed E-state index contributed by atoms with van der Waals surface area (Å²) < 4.78 is 0. The Morgan fingerprint density at radius 2 is 1.79 bits per heavy atom. The molecule has 1 aromatic heterocycles.